The first-order chi connectivity index (χ1) is 9.78. The highest BCUT2D eigenvalue weighted by Crippen LogP contribution is 2.15. The Morgan fingerprint density at radius 1 is 1.33 bits per heavy atom. The normalized spacial score (nSPS) is 11.4. The van der Waals surface area contributed by atoms with Crippen LogP contribution in [0.1, 0.15) is 23.7 Å². The number of nitrogens with one attached hydrogen (secondary N) is 1. The molecule has 1 rings (SSSR count). The number of rotatable bonds is 7. The minimum Gasteiger partial charge on any atom is -0.478 e. The predicted octanol–water partition coefficient (Wildman–Crippen LogP) is 0.532. The van der Waals surface area contributed by atoms with Crippen LogP contribution in [0.15, 0.2) is 29.2 Å². The van der Waals surface area contributed by atoms with Gasteiger partial charge in [-0.2, -0.15) is 4.31 Å². The minimum absolute atomic E-state index is 0.125. The quantitative estimate of drug-likeness (QED) is 0.764. The van der Waals surface area contributed by atoms with Crippen molar-refractivity contribution in [1.29, 1.82) is 0 Å². The number of carboxylic acids is 1. The maximum atomic E-state index is 12.3. The van der Waals surface area contributed by atoms with Crippen LogP contribution in [-0.4, -0.2) is 49.8 Å². The molecule has 116 valence electrons. The summed E-state index contributed by atoms with van der Waals surface area (Å²) in [6.45, 7) is 2.04. The number of nitrogens with zero attached hydrogens (tertiary/aromatic N) is 1. The second-order valence-corrected chi connectivity index (χ2v) is 6.49. The summed E-state index contributed by atoms with van der Waals surface area (Å²) < 4.78 is 25.4. The molecule has 0 fully saturated rings. The Morgan fingerprint density at radius 2 is 2.00 bits per heavy atom. The van der Waals surface area contributed by atoms with Gasteiger partial charge in [-0.15, -0.1) is 0 Å². The van der Waals surface area contributed by atoms with E-state index in [0.717, 1.165) is 16.8 Å². The summed E-state index contributed by atoms with van der Waals surface area (Å²) in [5.41, 5.74) is -0.125. The van der Waals surface area contributed by atoms with Crippen molar-refractivity contribution in [3.63, 3.8) is 0 Å². The zero-order chi connectivity index (χ0) is 16.0. The van der Waals surface area contributed by atoms with E-state index in [4.69, 9.17) is 5.11 Å². The first-order valence-electron chi connectivity index (χ1n) is 6.35. The zero-order valence-electron chi connectivity index (χ0n) is 11.9. The van der Waals surface area contributed by atoms with Crippen LogP contribution in [0.5, 0.6) is 0 Å². The lowest BCUT2D eigenvalue weighted by molar-refractivity contribution is -0.121. The van der Waals surface area contributed by atoms with Gasteiger partial charge in [0.2, 0.25) is 15.9 Å². The number of benzene rings is 1. The van der Waals surface area contributed by atoms with E-state index in [1.54, 1.807) is 0 Å². The molecule has 0 bridgehead atoms. The van der Waals surface area contributed by atoms with Crippen molar-refractivity contribution in [2.45, 2.75) is 18.2 Å². The summed E-state index contributed by atoms with van der Waals surface area (Å²) >= 11 is 0. The molecule has 0 aliphatic rings. The van der Waals surface area contributed by atoms with Crippen LogP contribution in [0.25, 0.3) is 0 Å². The molecule has 2 N–H and O–H groups in total. The molecule has 0 spiro atoms. The summed E-state index contributed by atoms with van der Waals surface area (Å²) in [7, 11) is -2.63. The molecule has 0 saturated heterocycles. The van der Waals surface area contributed by atoms with Crippen molar-refractivity contribution in [2.75, 3.05) is 20.1 Å². The molecular formula is C13H18N2O5S. The Labute approximate surface area is 123 Å². The molecule has 1 aromatic rings. The molecule has 0 aliphatic heterocycles. The Kier molecular flexibility index (Phi) is 5.86. The largest absolute Gasteiger partial charge is 0.478 e. The van der Waals surface area contributed by atoms with Gasteiger partial charge in [-0.05, 0) is 24.6 Å². The molecular weight excluding hydrogens is 296 g/mol. The van der Waals surface area contributed by atoms with Crippen LogP contribution < -0.4 is 5.32 Å². The highest BCUT2D eigenvalue weighted by atomic mass is 32.2. The van der Waals surface area contributed by atoms with E-state index < -0.39 is 21.9 Å². The van der Waals surface area contributed by atoms with Gasteiger partial charge in [-0.1, -0.05) is 13.0 Å². The fourth-order valence-corrected chi connectivity index (χ4v) is 2.75. The summed E-state index contributed by atoms with van der Waals surface area (Å²) in [5, 5.41) is 11.5. The first-order valence-corrected chi connectivity index (χ1v) is 7.79. The van der Waals surface area contributed by atoms with Crippen LogP contribution in [0, 0.1) is 0 Å². The Bertz CT molecular complexity index is 627. The lowest BCUT2D eigenvalue weighted by atomic mass is 10.2. The summed E-state index contributed by atoms with van der Waals surface area (Å²) in [6.07, 6.45) is 0.753. The van der Waals surface area contributed by atoms with E-state index in [-0.39, 0.29) is 17.0 Å². The van der Waals surface area contributed by atoms with E-state index in [2.05, 4.69) is 5.32 Å². The van der Waals surface area contributed by atoms with Gasteiger partial charge >= 0.3 is 5.97 Å². The van der Waals surface area contributed by atoms with E-state index in [0.29, 0.717) is 6.54 Å². The van der Waals surface area contributed by atoms with Gasteiger partial charge in [0.1, 0.15) is 0 Å². The van der Waals surface area contributed by atoms with Gasteiger partial charge in [0.05, 0.1) is 17.0 Å². The molecule has 0 heterocycles. The zero-order valence-corrected chi connectivity index (χ0v) is 12.7. The van der Waals surface area contributed by atoms with Crippen LogP contribution in [-0.2, 0) is 14.8 Å². The average Bonchev–Trinajstić information content (AvgIpc) is 2.45. The predicted molar refractivity (Wildman–Crippen MR) is 76.5 cm³/mol. The van der Waals surface area contributed by atoms with Gasteiger partial charge < -0.3 is 10.4 Å². The minimum atomic E-state index is -3.91. The van der Waals surface area contributed by atoms with Crippen LogP contribution in [0.2, 0.25) is 0 Å². The fourth-order valence-electron chi connectivity index (χ4n) is 1.58. The van der Waals surface area contributed by atoms with Crippen molar-refractivity contribution in [3.8, 4) is 0 Å². The molecule has 8 heteroatoms. The van der Waals surface area contributed by atoms with Gasteiger partial charge in [-0.25, -0.2) is 13.2 Å². The summed E-state index contributed by atoms with van der Waals surface area (Å²) in [4.78, 5) is 22.3. The number of carboxylic acid groups (broad SMARTS) is 1. The Morgan fingerprint density at radius 3 is 2.57 bits per heavy atom. The molecule has 0 radical (unpaired) electrons. The van der Waals surface area contributed by atoms with E-state index in [1.165, 1.54) is 25.2 Å². The molecule has 0 aromatic heterocycles. The highest BCUT2D eigenvalue weighted by molar-refractivity contribution is 7.89. The monoisotopic (exact) mass is 314 g/mol. The van der Waals surface area contributed by atoms with Gasteiger partial charge in [0, 0.05) is 13.6 Å². The van der Waals surface area contributed by atoms with Crippen LogP contribution in [0.4, 0.5) is 0 Å². The lowest BCUT2D eigenvalue weighted by Crippen LogP contribution is -2.38. The molecule has 7 nitrogen and oxygen atoms in total. The maximum Gasteiger partial charge on any atom is 0.335 e. The van der Waals surface area contributed by atoms with Crippen molar-refractivity contribution in [2.24, 2.45) is 0 Å². The second kappa shape index (κ2) is 7.19. The fraction of sp³-hybridized carbons (Fsp3) is 0.385. The smallest absolute Gasteiger partial charge is 0.335 e. The van der Waals surface area contributed by atoms with E-state index in [1.807, 2.05) is 6.92 Å². The van der Waals surface area contributed by atoms with Crippen LogP contribution in [0.3, 0.4) is 0 Å². The third kappa shape index (κ3) is 4.54. The molecule has 1 aromatic carbocycles. The molecule has 0 unspecified atom stereocenters. The maximum absolute atomic E-state index is 12.3. The average molecular weight is 314 g/mol. The number of carbonyl (C=O) groups excluding carboxylic acids is 1. The topological polar surface area (TPSA) is 104 Å². The number of likely N-dealkylation sites (N-methyl/N-ethyl adjacent to an activating group) is 1. The SMILES string of the molecule is CCCNC(=O)CN(C)S(=O)(=O)c1cccc(C(=O)O)c1. The van der Waals surface area contributed by atoms with Gasteiger partial charge in [-0.3, -0.25) is 4.79 Å². The second-order valence-electron chi connectivity index (χ2n) is 4.44. The number of hydrogen-bond donors (Lipinski definition) is 2. The molecule has 1 amide bonds. The van der Waals surface area contributed by atoms with Crippen molar-refractivity contribution in [3.05, 3.63) is 29.8 Å². The number of amides is 1. The third-order valence-electron chi connectivity index (χ3n) is 2.73. The number of carbonyl (C=O) groups is 2. The molecule has 0 aliphatic carbocycles. The molecule has 0 atom stereocenters. The Hall–Kier alpha value is -1.93. The standard InChI is InChI=1S/C13H18N2O5S/c1-3-7-14-12(16)9-15(2)21(19,20)11-6-4-5-10(8-11)13(17)18/h4-6,8H,3,7,9H2,1-2H3,(H,14,16)(H,17,18). The summed E-state index contributed by atoms with van der Waals surface area (Å²) in [6, 6.07) is 5.01. The third-order valence-corrected chi connectivity index (χ3v) is 4.53. The molecule has 0 saturated carbocycles. The summed E-state index contributed by atoms with van der Waals surface area (Å²) in [5.74, 6) is -1.62. The highest BCUT2D eigenvalue weighted by Gasteiger charge is 2.23. The van der Waals surface area contributed by atoms with Crippen molar-refractivity contribution in [1.82, 2.24) is 9.62 Å². The van der Waals surface area contributed by atoms with E-state index >= 15 is 0 Å². The van der Waals surface area contributed by atoms with Crippen molar-refractivity contribution < 1.29 is 23.1 Å². The van der Waals surface area contributed by atoms with Crippen LogP contribution >= 0.6 is 0 Å². The molecule has 21 heavy (non-hydrogen) atoms. The number of hydrogen-bond acceptors (Lipinski definition) is 4. The number of sulfonamides is 1. The Balaban J connectivity index is 2.92. The van der Waals surface area contributed by atoms with Gasteiger partial charge in [0.25, 0.3) is 0 Å². The first kappa shape index (κ1) is 17.1. The van der Waals surface area contributed by atoms with E-state index in [9.17, 15) is 18.0 Å². The number of aromatic carboxylic acids is 1. The lowest BCUT2D eigenvalue weighted by Gasteiger charge is -2.17. The van der Waals surface area contributed by atoms with Crippen molar-refractivity contribution >= 4 is 21.9 Å². The van der Waals surface area contributed by atoms with Gasteiger partial charge in [0.15, 0.2) is 0 Å².